The zero-order valence-electron chi connectivity index (χ0n) is 11.2. The summed E-state index contributed by atoms with van der Waals surface area (Å²) >= 11 is 2.21. The van der Waals surface area contributed by atoms with Crippen LogP contribution in [0, 0.1) is 0 Å². The minimum Gasteiger partial charge on any atom is -0.464 e. The minimum absolute atomic E-state index is 0.158. The summed E-state index contributed by atoms with van der Waals surface area (Å²) in [6, 6.07) is 0. The summed E-state index contributed by atoms with van der Waals surface area (Å²) < 4.78 is 30.8. The van der Waals surface area contributed by atoms with Crippen molar-refractivity contribution < 1.29 is 23.1 Å². The molecule has 0 saturated carbocycles. The minimum atomic E-state index is -3.92. The molecule has 0 bridgehead atoms. The normalized spacial score (nSPS) is 14.8. The summed E-state index contributed by atoms with van der Waals surface area (Å²) in [7, 11) is -2.77. The molecule has 0 aliphatic carbocycles. The Balaban J connectivity index is 2.90. The fourth-order valence-electron chi connectivity index (χ4n) is 1.34. The second kappa shape index (κ2) is 6.85. The van der Waals surface area contributed by atoms with Gasteiger partial charge in [-0.2, -0.15) is 11.8 Å². The smallest absolute Gasteiger partial charge is 0.358 e. The van der Waals surface area contributed by atoms with Crippen molar-refractivity contribution in [1.82, 2.24) is 9.71 Å². The van der Waals surface area contributed by atoms with E-state index in [9.17, 15) is 18.3 Å². The predicted molar refractivity (Wildman–Crippen MR) is 77.6 cm³/mol. The third-order valence-electron chi connectivity index (χ3n) is 2.26. The molecule has 0 fully saturated rings. The van der Waals surface area contributed by atoms with E-state index < -0.39 is 21.6 Å². The van der Waals surface area contributed by atoms with Gasteiger partial charge in [0, 0.05) is 12.3 Å². The van der Waals surface area contributed by atoms with Gasteiger partial charge in [-0.3, -0.25) is 0 Å². The largest absolute Gasteiger partial charge is 0.464 e. The SMILES string of the molecule is COC(=O)c1ncsc1S(=O)(=O)NCC(C)(O)CSC. The van der Waals surface area contributed by atoms with E-state index in [1.165, 1.54) is 24.2 Å². The van der Waals surface area contributed by atoms with Crippen molar-refractivity contribution in [2.24, 2.45) is 0 Å². The molecule has 0 aromatic carbocycles. The maximum atomic E-state index is 12.1. The molecule has 0 amide bonds. The number of thiazole rings is 1. The third-order valence-corrected chi connectivity index (χ3v) is 5.94. The topological polar surface area (TPSA) is 106 Å². The van der Waals surface area contributed by atoms with Gasteiger partial charge in [0.2, 0.25) is 0 Å². The van der Waals surface area contributed by atoms with Gasteiger partial charge < -0.3 is 9.84 Å². The van der Waals surface area contributed by atoms with Crippen molar-refractivity contribution in [3.8, 4) is 0 Å². The summed E-state index contributed by atoms with van der Waals surface area (Å²) in [6.45, 7) is 1.37. The summed E-state index contributed by atoms with van der Waals surface area (Å²) in [6.07, 6.45) is 1.81. The Labute approximate surface area is 125 Å². The zero-order valence-corrected chi connectivity index (χ0v) is 13.7. The molecular weight excluding hydrogens is 324 g/mol. The number of hydrogen-bond acceptors (Lipinski definition) is 8. The molecule has 1 rings (SSSR count). The van der Waals surface area contributed by atoms with Crippen molar-refractivity contribution in [3.63, 3.8) is 0 Å². The Morgan fingerprint density at radius 1 is 1.65 bits per heavy atom. The molecule has 1 aromatic heterocycles. The summed E-state index contributed by atoms with van der Waals surface area (Å²) in [5, 5.41) is 9.95. The molecule has 1 unspecified atom stereocenters. The first kappa shape index (κ1) is 17.4. The summed E-state index contributed by atoms with van der Waals surface area (Å²) in [4.78, 5) is 15.1. The maximum Gasteiger partial charge on any atom is 0.358 e. The first-order valence-electron chi connectivity index (χ1n) is 5.46. The van der Waals surface area contributed by atoms with Gasteiger partial charge in [0.25, 0.3) is 10.0 Å². The van der Waals surface area contributed by atoms with Gasteiger partial charge in [-0.05, 0) is 13.2 Å². The lowest BCUT2D eigenvalue weighted by molar-refractivity contribution is 0.0590. The Hall–Kier alpha value is -0.680. The number of carbonyl (C=O) groups is 1. The number of sulfonamides is 1. The number of hydrogen-bond donors (Lipinski definition) is 2. The van der Waals surface area contributed by atoms with Crippen LogP contribution in [0.2, 0.25) is 0 Å². The van der Waals surface area contributed by atoms with E-state index in [-0.39, 0.29) is 16.4 Å². The fraction of sp³-hybridized carbons (Fsp3) is 0.600. The lowest BCUT2D eigenvalue weighted by Gasteiger charge is -2.22. The molecule has 1 heterocycles. The van der Waals surface area contributed by atoms with Gasteiger partial charge in [0.05, 0.1) is 18.2 Å². The van der Waals surface area contributed by atoms with Gasteiger partial charge >= 0.3 is 5.97 Å². The van der Waals surface area contributed by atoms with Gasteiger partial charge in [-0.15, -0.1) is 11.3 Å². The van der Waals surface area contributed by atoms with E-state index in [1.807, 2.05) is 6.26 Å². The Morgan fingerprint density at radius 3 is 2.85 bits per heavy atom. The van der Waals surface area contributed by atoms with E-state index in [0.29, 0.717) is 5.75 Å². The van der Waals surface area contributed by atoms with Gasteiger partial charge in [-0.1, -0.05) is 0 Å². The number of thioether (sulfide) groups is 1. The van der Waals surface area contributed by atoms with Crippen molar-refractivity contribution in [3.05, 3.63) is 11.2 Å². The highest BCUT2D eigenvalue weighted by atomic mass is 32.2. The first-order valence-corrected chi connectivity index (χ1v) is 9.22. The third kappa shape index (κ3) is 4.42. The molecule has 10 heteroatoms. The number of methoxy groups -OCH3 is 1. The van der Waals surface area contributed by atoms with Gasteiger partial charge in [-0.25, -0.2) is 22.9 Å². The molecule has 20 heavy (non-hydrogen) atoms. The highest BCUT2D eigenvalue weighted by Gasteiger charge is 2.29. The number of carbonyl (C=O) groups excluding carboxylic acids is 1. The average Bonchev–Trinajstić information content (AvgIpc) is 2.86. The van der Waals surface area contributed by atoms with Crippen molar-refractivity contribution in [1.29, 1.82) is 0 Å². The highest BCUT2D eigenvalue weighted by Crippen LogP contribution is 2.21. The van der Waals surface area contributed by atoms with E-state index in [1.54, 1.807) is 0 Å². The fourth-order valence-corrected chi connectivity index (χ4v) is 4.40. The van der Waals surface area contributed by atoms with E-state index in [2.05, 4.69) is 14.4 Å². The first-order chi connectivity index (χ1) is 9.23. The number of aliphatic hydroxyl groups is 1. The summed E-state index contributed by atoms with van der Waals surface area (Å²) in [5.41, 5.74) is -0.182. The van der Waals surface area contributed by atoms with Crippen molar-refractivity contribution in [2.45, 2.75) is 16.7 Å². The molecule has 0 spiro atoms. The quantitative estimate of drug-likeness (QED) is 0.689. The second-order valence-corrected chi connectivity index (χ2v) is 7.92. The van der Waals surface area contributed by atoms with Crippen molar-refractivity contribution >= 4 is 39.1 Å². The van der Waals surface area contributed by atoms with Crippen LogP contribution in [-0.4, -0.2) is 55.7 Å². The molecular formula is C10H16N2O5S3. The number of nitrogens with one attached hydrogen (secondary N) is 1. The molecule has 1 aromatic rings. The number of ether oxygens (including phenoxy) is 1. The van der Waals surface area contributed by atoms with Crippen LogP contribution in [0.15, 0.2) is 9.72 Å². The van der Waals surface area contributed by atoms with Crippen LogP contribution in [0.25, 0.3) is 0 Å². The molecule has 0 aliphatic rings. The van der Waals surface area contributed by atoms with Crippen LogP contribution in [0.1, 0.15) is 17.4 Å². The zero-order chi connectivity index (χ0) is 15.4. The van der Waals surface area contributed by atoms with Crippen LogP contribution < -0.4 is 4.72 Å². The van der Waals surface area contributed by atoms with Crippen LogP contribution in [0.5, 0.6) is 0 Å². The lowest BCUT2D eigenvalue weighted by Crippen LogP contribution is -2.42. The molecule has 0 aliphatic heterocycles. The van der Waals surface area contributed by atoms with E-state index in [4.69, 9.17) is 0 Å². The lowest BCUT2D eigenvalue weighted by atomic mass is 10.1. The number of rotatable bonds is 7. The van der Waals surface area contributed by atoms with E-state index >= 15 is 0 Å². The molecule has 114 valence electrons. The second-order valence-electron chi connectivity index (χ2n) is 4.23. The van der Waals surface area contributed by atoms with Crippen molar-refractivity contribution in [2.75, 3.05) is 25.7 Å². The maximum absolute atomic E-state index is 12.1. The monoisotopic (exact) mass is 340 g/mol. The molecule has 7 nitrogen and oxygen atoms in total. The average molecular weight is 340 g/mol. The molecule has 0 saturated heterocycles. The highest BCUT2D eigenvalue weighted by molar-refractivity contribution is 7.98. The Kier molecular flexibility index (Phi) is 5.95. The predicted octanol–water partition coefficient (Wildman–Crippen LogP) is 0.322. The Bertz CT molecular complexity index is 567. The Morgan fingerprint density at radius 2 is 2.30 bits per heavy atom. The summed E-state index contributed by atoms with van der Waals surface area (Å²) in [5.74, 6) is -0.440. The number of aromatic nitrogens is 1. The number of esters is 1. The van der Waals surface area contributed by atoms with Crippen LogP contribution >= 0.6 is 23.1 Å². The molecule has 0 radical (unpaired) electrons. The van der Waals surface area contributed by atoms with Gasteiger partial charge in [0.1, 0.15) is 0 Å². The standard InChI is InChI=1S/C10H16N2O5S3/c1-10(14,5-18-3)4-12-20(15,16)9-7(8(13)17-2)11-6-19-9/h6,12,14H,4-5H2,1-3H3. The van der Waals surface area contributed by atoms with E-state index in [0.717, 1.165) is 18.4 Å². The van der Waals surface area contributed by atoms with Crippen LogP contribution in [0.4, 0.5) is 0 Å². The number of nitrogens with zero attached hydrogens (tertiary/aromatic N) is 1. The van der Waals surface area contributed by atoms with Gasteiger partial charge in [0.15, 0.2) is 9.90 Å². The van der Waals surface area contributed by atoms with Crippen LogP contribution in [0.3, 0.4) is 0 Å². The molecule has 1 atom stereocenters. The van der Waals surface area contributed by atoms with Crippen LogP contribution in [-0.2, 0) is 14.8 Å². The molecule has 2 N–H and O–H groups in total.